The molecule has 0 aliphatic carbocycles. The van der Waals surface area contributed by atoms with Gasteiger partial charge in [-0.05, 0) is 42.5 Å². The predicted molar refractivity (Wildman–Crippen MR) is 108 cm³/mol. The summed E-state index contributed by atoms with van der Waals surface area (Å²) in [5, 5.41) is 3.48. The van der Waals surface area contributed by atoms with Crippen molar-refractivity contribution in [2.75, 3.05) is 51.2 Å². The Hall–Kier alpha value is -2.15. The first-order valence-corrected chi connectivity index (χ1v) is 10.1. The number of quaternary nitrogens is 2. The van der Waals surface area contributed by atoms with Crippen LogP contribution in [0.5, 0.6) is 5.75 Å². The van der Waals surface area contributed by atoms with Crippen LogP contribution in [0, 0.1) is 5.82 Å². The summed E-state index contributed by atoms with van der Waals surface area (Å²) in [6.07, 6.45) is 0.993. The summed E-state index contributed by atoms with van der Waals surface area (Å²) >= 11 is 5.86. The molecule has 5 nitrogen and oxygen atoms in total. The van der Waals surface area contributed by atoms with Crippen molar-refractivity contribution in [1.82, 2.24) is 0 Å². The number of benzene rings is 2. The molecule has 1 saturated heterocycles. The number of anilines is 1. The molecule has 0 atom stereocenters. The van der Waals surface area contributed by atoms with Crippen molar-refractivity contribution in [1.29, 1.82) is 0 Å². The van der Waals surface area contributed by atoms with Crippen LogP contribution in [0.3, 0.4) is 0 Å². The average molecular weight is 408 g/mol. The number of carbonyl (C=O) groups excluding carboxylic acids is 1. The molecule has 28 heavy (non-hydrogen) atoms. The minimum atomic E-state index is -0.345. The van der Waals surface area contributed by atoms with Crippen LogP contribution in [0.4, 0.5) is 10.1 Å². The number of amides is 1. The highest BCUT2D eigenvalue weighted by molar-refractivity contribution is 6.30. The van der Waals surface area contributed by atoms with E-state index in [1.54, 1.807) is 17.0 Å². The van der Waals surface area contributed by atoms with Gasteiger partial charge in [-0.1, -0.05) is 17.7 Å². The van der Waals surface area contributed by atoms with Crippen LogP contribution < -0.4 is 19.9 Å². The van der Waals surface area contributed by atoms with Crippen LogP contribution in [0.15, 0.2) is 48.5 Å². The van der Waals surface area contributed by atoms with E-state index in [-0.39, 0.29) is 11.7 Å². The lowest BCUT2D eigenvalue weighted by molar-refractivity contribution is -1.01. The van der Waals surface area contributed by atoms with Gasteiger partial charge in [-0.25, -0.2) is 4.39 Å². The lowest BCUT2D eigenvalue weighted by Gasteiger charge is -2.29. The van der Waals surface area contributed by atoms with Crippen molar-refractivity contribution in [3.05, 3.63) is 59.4 Å². The maximum atomic E-state index is 13.2. The first-order chi connectivity index (χ1) is 13.6. The molecule has 1 aliphatic rings. The Balaban J connectivity index is 1.29. The van der Waals surface area contributed by atoms with E-state index in [0.29, 0.717) is 23.9 Å². The molecule has 1 amide bonds. The van der Waals surface area contributed by atoms with Gasteiger partial charge in [-0.2, -0.15) is 0 Å². The van der Waals surface area contributed by atoms with Gasteiger partial charge in [-0.3, -0.25) is 4.79 Å². The number of hydrogen-bond acceptors (Lipinski definition) is 2. The molecule has 0 unspecified atom stereocenters. The molecule has 0 saturated carbocycles. The molecule has 7 heteroatoms. The summed E-state index contributed by atoms with van der Waals surface area (Å²) in [5.41, 5.74) is 0.509. The van der Waals surface area contributed by atoms with Gasteiger partial charge < -0.3 is 19.9 Å². The Morgan fingerprint density at radius 2 is 1.79 bits per heavy atom. The monoisotopic (exact) mass is 407 g/mol. The van der Waals surface area contributed by atoms with E-state index in [2.05, 4.69) is 5.32 Å². The smallest absolute Gasteiger partial charge is 0.279 e. The number of nitrogens with one attached hydrogen (secondary N) is 3. The van der Waals surface area contributed by atoms with E-state index in [4.69, 9.17) is 16.3 Å². The third-order valence-corrected chi connectivity index (χ3v) is 5.19. The summed E-state index contributed by atoms with van der Waals surface area (Å²) < 4.78 is 18.9. The first-order valence-electron chi connectivity index (χ1n) is 9.69. The summed E-state index contributed by atoms with van der Waals surface area (Å²) in [6, 6.07) is 13.4. The predicted octanol–water partition coefficient (Wildman–Crippen LogP) is 0.670. The van der Waals surface area contributed by atoms with E-state index in [1.165, 1.54) is 17.0 Å². The lowest BCUT2D eigenvalue weighted by atomic mass is 10.2. The second-order valence-corrected chi connectivity index (χ2v) is 7.58. The van der Waals surface area contributed by atoms with E-state index in [0.717, 1.165) is 44.9 Å². The summed E-state index contributed by atoms with van der Waals surface area (Å²) in [5.74, 6) is 0.431. The number of hydrogen-bond donors (Lipinski definition) is 3. The van der Waals surface area contributed by atoms with Crippen LogP contribution in [0.1, 0.15) is 6.42 Å². The Labute approximate surface area is 170 Å². The van der Waals surface area contributed by atoms with E-state index >= 15 is 0 Å². The molecule has 150 valence electrons. The van der Waals surface area contributed by atoms with Crippen LogP contribution in [-0.4, -0.2) is 51.8 Å². The summed E-state index contributed by atoms with van der Waals surface area (Å²) in [7, 11) is 0. The molecule has 2 aromatic carbocycles. The molecule has 0 radical (unpaired) electrons. The minimum absolute atomic E-state index is 0.0691. The van der Waals surface area contributed by atoms with Gasteiger partial charge in [0, 0.05) is 17.1 Å². The van der Waals surface area contributed by atoms with E-state index in [1.807, 2.05) is 24.3 Å². The van der Waals surface area contributed by atoms with Gasteiger partial charge in [0.1, 0.15) is 37.7 Å². The maximum Gasteiger partial charge on any atom is 0.279 e. The van der Waals surface area contributed by atoms with Gasteiger partial charge in [0.15, 0.2) is 6.54 Å². The molecule has 0 spiro atoms. The number of carbonyl (C=O) groups is 1. The van der Waals surface area contributed by atoms with Crippen LogP contribution >= 0.6 is 11.6 Å². The second kappa shape index (κ2) is 10.4. The zero-order valence-electron chi connectivity index (χ0n) is 15.8. The topological polar surface area (TPSA) is 47.2 Å². The Bertz CT molecular complexity index is 765. The zero-order chi connectivity index (χ0) is 19.8. The largest absolute Gasteiger partial charge is 0.493 e. The van der Waals surface area contributed by atoms with Gasteiger partial charge >= 0.3 is 0 Å². The third kappa shape index (κ3) is 6.78. The fraction of sp³-hybridized carbons (Fsp3) is 0.381. The Morgan fingerprint density at radius 3 is 2.50 bits per heavy atom. The molecule has 1 fully saturated rings. The van der Waals surface area contributed by atoms with Gasteiger partial charge in [0.25, 0.3) is 5.91 Å². The van der Waals surface area contributed by atoms with E-state index in [9.17, 15) is 9.18 Å². The highest BCUT2D eigenvalue weighted by Gasteiger charge is 2.24. The number of halogens is 2. The molecule has 0 aromatic heterocycles. The quantitative estimate of drug-likeness (QED) is 0.563. The zero-order valence-corrected chi connectivity index (χ0v) is 16.6. The minimum Gasteiger partial charge on any atom is -0.493 e. The third-order valence-electron chi connectivity index (χ3n) is 4.94. The Kier molecular flexibility index (Phi) is 7.65. The SMILES string of the molecule is O=C(C[NH+]1CC[NH+](CCCOc2ccc(Cl)cc2)CC1)Nc1cccc(F)c1. The molecular formula is C21H27ClFN3O2+2. The van der Waals surface area contributed by atoms with Crippen LogP contribution in [0.2, 0.25) is 5.02 Å². The summed E-state index contributed by atoms with van der Waals surface area (Å²) in [6.45, 7) is 6.19. The molecule has 1 heterocycles. The van der Waals surface area contributed by atoms with Crippen molar-refractivity contribution in [2.45, 2.75) is 6.42 Å². The normalized spacial score (nSPS) is 19.2. The van der Waals surface area contributed by atoms with Gasteiger partial charge in [0.05, 0.1) is 13.2 Å². The molecule has 3 N–H and O–H groups in total. The van der Waals surface area contributed by atoms with Crippen LogP contribution in [0.25, 0.3) is 0 Å². The Morgan fingerprint density at radius 1 is 1.07 bits per heavy atom. The molecule has 1 aliphatic heterocycles. The highest BCUT2D eigenvalue weighted by Crippen LogP contribution is 2.15. The average Bonchev–Trinajstić information content (AvgIpc) is 2.68. The molecule has 3 rings (SSSR count). The number of ether oxygens (including phenoxy) is 1. The number of piperazine rings is 1. The fourth-order valence-corrected chi connectivity index (χ4v) is 3.55. The first kappa shape index (κ1) is 20.6. The van der Waals surface area contributed by atoms with Crippen molar-refractivity contribution < 1.29 is 23.7 Å². The molecule has 0 bridgehead atoms. The van der Waals surface area contributed by atoms with Crippen molar-refractivity contribution >= 4 is 23.2 Å². The summed E-state index contributed by atoms with van der Waals surface area (Å²) in [4.78, 5) is 15.0. The highest BCUT2D eigenvalue weighted by atomic mass is 35.5. The lowest BCUT2D eigenvalue weighted by Crippen LogP contribution is -3.28. The van der Waals surface area contributed by atoms with Gasteiger partial charge in [0.2, 0.25) is 0 Å². The van der Waals surface area contributed by atoms with E-state index < -0.39 is 0 Å². The maximum absolute atomic E-state index is 13.2. The standard InChI is InChI=1S/C21H25ClFN3O2/c22-17-5-7-20(8-6-17)28-14-2-9-25-10-12-26(13-11-25)16-21(27)24-19-4-1-3-18(23)15-19/h1,3-8,15H,2,9-14,16H2,(H,24,27)/p+2. The fourth-order valence-electron chi connectivity index (χ4n) is 3.43. The van der Waals surface area contributed by atoms with Gasteiger partial charge in [-0.15, -0.1) is 0 Å². The van der Waals surface area contributed by atoms with Crippen LogP contribution in [-0.2, 0) is 4.79 Å². The second-order valence-electron chi connectivity index (χ2n) is 7.14. The molecular weight excluding hydrogens is 381 g/mol. The van der Waals surface area contributed by atoms with Crippen molar-refractivity contribution in [3.8, 4) is 5.75 Å². The van der Waals surface area contributed by atoms with Crippen molar-refractivity contribution in [3.63, 3.8) is 0 Å². The molecule has 2 aromatic rings. The number of rotatable bonds is 8. The van der Waals surface area contributed by atoms with Crippen molar-refractivity contribution in [2.24, 2.45) is 0 Å².